The van der Waals surface area contributed by atoms with Gasteiger partial charge < -0.3 is 9.88 Å². The van der Waals surface area contributed by atoms with Crippen LogP contribution in [0.5, 0.6) is 0 Å². The van der Waals surface area contributed by atoms with Crippen molar-refractivity contribution in [3.8, 4) is 0 Å². The number of aryl methyl sites for hydroxylation is 2. The van der Waals surface area contributed by atoms with Crippen LogP contribution in [0.25, 0.3) is 0 Å². The van der Waals surface area contributed by atoms with Crippen LogP contribution in [-0.4, -0.2) is 25.9 Å². The fraction of sp³-hybridized carbons (Fsp3) is 0.571. The minimum Gasteiger partial charge on any atom is -0.336 e. The van der Waals surface area contributed by atoms with Crippen molar-refractivity contribution in [1.29, 1.82) is 0 Å². The first-order valence-corrected chi connectivity index (χ1v) is 7.89. The average molecular weight is 340 g/mol. The molecule has 1 N–H and O–H groups in total. The van der Waals surface area contributed by atoms with Gasteiger partial charge in [-0.2, -0.15) is 5.10 Å². The van der Waals surface area contributed by atoms with E-state index in [1.54, 1.807) is 0 Å². The highest BCUT2D eigenvalue weighted by atomic mass is 79.9. The molecule has 1 atom stereocenters. The zero-order valence-electron chi connectivity index (χ0n) is 12.3. The first-order chi connectivity index (χ1) is 9.69. The lowest BCUT2D eigenvalue weighted by Gasteiger charge is -2.21. The molecule has 2 heterocycles. The molecule has 0 saturated carbocycles. The highest BCUT2D eigenvalue weighted by Crippen LogP contribution is 2.28. The summed E-state index contributed by atoms with van der Waals surface area (Å²) in [6.07, 6.45) is 7.79. The molecule has 0 amide bonds. The topological polar surface area (TPSA) is 47.7 Å². The van der Waals surface area contributed by atoms with Gasteiger partial charge in [0, 0.05) is 13.6 Å². The van der Waals surface area contributed by atoms with Crippen LogP contribution in [-0.2, 0) is 13.6 Å². The van der Waals surface area contributed by atoms with E-state index < -0.39 is 0 Å². The van der Waals surface area contributed by atoms with Crippen molar-refractivity contribution in [2.45, 2.75) is 39.3 Å². The lowest BCUT2D eigenvalue weighted by atomic mass is 10.1. The number of nitrogens with zero attached hydrogens (tertiary/aromatic N) is 4. The van der Waals surface area contributed by atoms with E-state index in [9.17, 15) is 0 Å². The normalized spacial score (nSPS) is 12.8. The van der Waals surface area contributed by atoms with Crippen molar-refractivity contribution in [3.63, 3.8) is 0 Å². The summed E-state index contributed by atoms with van der Waals surface area (Å²) < 4.78 is 5.17. The van der Waals surface area contributed by atoms with Crippen LogP contribution in [0.15, 0.2) is 23.2 Å². The summed E-state index contributed by atoms with van der Waals surface area (Å²) in [5.74, 6) is 0. The zero-order valence-corrected chi connectivity index (χ0v) is 13.9. The SMILES string of the molecule is CCCNC(c1cncn1C)c1c(Br)cnn1CCC. The maximum Gasteiger partial charge on any atom is 0.0946 e. The fourth-order valence-corrected chi connectivity index (χ4v) is 2.85. The highest BCUT2D eigenvalue weighted by Gasteiger charge is 2.23. The molecule has 2 aromatic heterocycles. The third-order valence-electron chi connectivity index (χ3n) is 3.29. The standard InChI is InChI=1S/C14H22BrN5/c1-4-6-17-13(12-9-16-10-19(12)3)14-11(15)8-18-20(14)7-5-2/h8-10,13,17H,4-7H2,1-3H3. The predicted molar refractivity (Wildman–Crippen MR) is 83.6 cm³/mol. The van der Waals surface area contributed by atoms with Crippen LogP contribution >= 0.6 is 15.9 Å². The Morgan fingerprint density at radius 2 is 2.10 bits per heavy atom. The van der Waals surface area contributed by atoms with Gasteiger partial charge in [0.15, 0.2) is 0 Å². The first-order valence-electron chi connectivity index (χ1n) is 7.09. The maximum atomic E-state index is 4.47. The van der Waals surface area contributed by atoms with E-state index in [0.29, 0.717) is 0 Å². The molecule has 0 bridgehead atoms. The average Bonchev–Trinajstić information content (AvgIpc) is 3.00. The molecular weight excluding hydrogens is 318 g/mol. The van der Waals surface area contributed by atoms with Crippen LogP contribution in [0.1, 0.15) is 44.1 Å². The van der Waals surface area contributed by atoms with Gasteiger partial charge in [-0.1, -0.05) is 13.8 Å². The van der Waals surface area contributed by atoms with E-state index in [0.717, 1.165) is 36.1 Å². The molecule has 0 aromatic carbocycles. The molecule has 20 heavy (non-hydrogen) atoms. The van der Waals surface area contributed by atoms with Crippen molar-refractivity contribution >= 4 is 15.9 Å². The molecule has 110 valence electrons. The second-order valence-corrected chi connectivity index (χ2v) is 5.77. The maximum absolute atomic E-state index is 4.47. The monoisotopic (exact) mass is 339 g/mol. The van der Waals surface area contributed by atoms with Crippen molar-refractivity contribution in [2.24, 2.45) is 7.05 Å². The van der Waals surface area contributed by atoms with Crippen molar-refractivity contribution < 1.29 is 0 Å². The number of nitrogens with one attached hydrogen (secondary N) is 1. The van der Waals surface area contributed by atoms with E-state index in [-0.39, 0.29) is 6.04 Å². The number of halogens is 1. The Morgan fingerprint density at radius 3 is 2.70 bits per heavy atom. The predicted octanol–water partition coefficient (Wildman–Crippen LogP) is 2.88. The number of imidazole rings is 1. The third-order valence-corrected chi connectivity index (χ3v) is 3.90. The molecular formula is C14H22BrN5. The van der Waals surface area contributed by atoms with Gasteiger partial charge in [-0.15, -0.1) is 0 Å². The lowest BCUT2D eigenvalue weighted by Crippen LogP contribution is -2.27. The molecule has 0 aliphatic heterocycles. The summed E-state index contributed by atoms with van der Waals surface area (Å²) in [6.45, 7) is 6.21. The molecule has 0 radical (unpaired) electrons. The molecule has 0 fully saturated rings. The van der Waals surface area contributed by atoms with Gasteiger partial charge in [0.2, 0.25) is 0 Å². The Kier molecular flexibility index (Phi) is 5.37. The third kappa shape index (κ3) is 3.12. The Hall–Kier alpha value is -1.14. The molecule has 6 heteroatoms. The van der Waals surface area contributed by atoms with Gasteiger partial charge in [0.25, 0.3) is 0 Å². The quantitative estimate of drug-likeness (QED) is 0.843. The Morgan fingerprint density at radius 1 is 1.30 bits per heavy atom. The summed E-state index contributed by atoms with van der Waals surface area (Å²) in [4.78, 5) is 4.24. The van der Waals surface area contributed by atoms with E-state index in [4.69, 9.17) is 0 Å². The smallest absolute Gasteiger partial charge is 0.0946 e. The number of aromatic nitrogens is 4. The minimum atomic E-state index is 0.103. The molecule has 0 saturated heterocycles. The van der Waals surface area contributed by atoms with E-state index in [2.05, 4.69) is 54.4 Å². The summed E-state index contributed by atoms with van der Waals surface area (Å²) in [6, 6.07) is 0.103. The van der Waals surface area contributed by atoms with E-state index in [1.807, 2.05) is 25.8 Å². The van der Waals surface area contributed by atoms with Crippen LogP contribution in [0, 0.1) is 0 Å². The molecule has 0 aliphatic rings. The van der Waals surface area contributed by atoms with Gasteiger partial charge in [-0.05, 0) is 35.3 Å². The summed E-state index contributed by atoms with van der Waals surface area (Å²) >= 11 is 3.64. The molecule has 1 unspecified atom stereocenters. The number of rotatable bonds is 7. The van der Waals surface area contributed by atoms with Crippen molar-refractivity contribution in [2.75, 3.05) is 6.54 Å². The van der Waals surface area contributed by atoms with Crippen LogP contribution in [0.2, 0.25) is 0 Å². The largest absolute Gasteiger partial charge is 0.336 e. The van der Waals surface area contributed by atoms with Crippen LogP contribution in [0.4, 0.5) is 0 Å². The van der Waals surface area contributed by atoms with Crippen LogP contribution in [0.3, 0.4) is 0 Å². The second kappa shape index (κ2) is 7.04. The summed E-state index contributed by atoms with van der Waals surface area (Å²) in [7, 11) is 2.03. The Labute approximate surface area is 128 Å². The minimum absolute atomic E-state index is 0.103. The molecule has 2 aromatic rings. The van der Waals surface area contributed by atoms with Gasteiger partial charge in [-0.25, -0.2) is 4.98 Å². The van der Waals surface area contributed by atoms with Crippen molar-refractivity contribution in [3.05, 3.63) is 34.6 Å². The Bertz CT molecular complexity index is 546. The summed E-state index contributed by atoms with van der Waals surface area (Å²) in [5.41, 5.74) is 2.32. The zero-order chi connectivity index (χ0) is 14.5. The van der Waals surface area contributed by atoms with Gasteiger partial charge in [0.1, 0.15) is 0 Å². The van der Waals surface area contributed by atoms with Gasteiger partial charge >= 0.3 is 0 Å². The van der Waals surface area contributed by atoms with E-state index >= 15 is 0 Å². The lowest BCUT2D eigenvalue weighted by molar-refractivity contribution is 0.496. The van der Waals surface area contributed by atoms with Crippen LogP contribution < -0.4 is 5.32 Å². The highest BCUT2D eigenvalue weighted by molar-refractivity contribution is 9.10. The molecule has 5 nitrogen and oxygen atoms in total. The fourth-order valence-electron chi connectivity index (χ4n) is 2.32. The molecule has 2 rings (SSSR count). The second-order valence-electron chi connectivity index (χ2n) is 4.92. The van der Waals surface area contributed by atoms with Gasteiger partial charge in [-0.3, -0.25) is 4.68 Å². The van der Waals surface area contributed by atoms with Crippen molar-refractivity contribution in [1.82, 2.24) is 24.6 Å². The molecule has 0 aliphatic carbocycles. The number of hydrogen-bond acceptors (Lipinski definition) is 3. The first kappa shape index (κ1) is 15.3. The van der Waals surface area contributed by atoms with Gasteiger partial charge in [0.05, 0.1) is 40.6 Å². The van der Waals surface area contributed by atoms with E-state index in [1.165, 1.54) is 5.69 Å². The Balaban J connectivity index is 2.41. The molecule has 0 spiro atoms. The summed E-state index contributed by atoms with van der Waals surface area (Å²) in [5, 5.41) is 8.08. The number of hydrogen-bond donors (Lipinski definition) is 1.